The van der Waals surface area contributed by atoms with Gasteiger partial charge in [-0.3, -0.25) is 4.79 Å². The molecular formula is C20H18BrN3O3S. The van der Waals surface area contributed by atoms with Gasteiger partial charge in [0.05, 0.1) is 11.3 Å². The second-order valence-corrected chi connectivity index (χ2v) is 7.60. The van der Waals surface area contributed by atoms with Crippen molar-refractivity contribution in [2.75, 3.05) is 5.32 Å². The number of phenols is 2. The Morgan fingerprint density at radius 1 is 1.18 bits per heavy atom. The lowest BCUT2D eigenvalue weighted by Crippen LogP contribution is -2.21. The smallest absolute Gasteiger partial charge is 0.198 e. The molecule has 0 aliphatic carbocycles. The molecular weight excluding hydrogens is 442 g/mol. The predicted molar refractivity (Wildman–Crippen MR) is 115 cm³/mol. The Balaban J connectivity index is 1.83. The molecule has 0 saturated carbocycles. The van der Waals surface area contributed by atoms with Gasteiger partial charge in [-0.1, -0.05) is 15.9 Å². The van der Waals surface area contributed by atoms with E-state index in [4.69, 9.17) is 12.2 Å². The highest BCUT2D eigenvalue weighted by Crippen LogP contribution is 2.25. The van der Waals surface area contributed by atoms with Crippen LogP contribution in [0.15, 0.2) is 46.9 Å². The number of hydrogen-bond acceptors (Lipinski definition) is 5. The van der Waals surface area contributed by atoms with Gasteiger partial charge < -0.3 is 15.5 Å². The number of aromatic hydroxyl groups is 2. The summed E-state index contributed by atoms with van der Waals surface area (Å²) in [6.07, 6.45) is 0.0373. The molecule has 0 aliphatic rings. The minimum atomic E-state index is -0.314. The van der Waals surface area contributed by atoms with Crippen LogP contribution in [-0.4, -0.2) is 30.9 Å². The standard InChI is InChI=1S/C20H18BrN3O3S/c1-11-16(10-19(27)17-9-15(25)7-8-18(17)26)12(2)24(23-11)20(28)22-14-5-3-13(21)4-6-14/h3-9,25-26H,10H2,1-2H3,(H,22,28). The minimum absolute atomic E-state index is 0.0373. The highest BCUT2D eigenvalue weighted by Gasteiger charge is 2.20. The van der Waals surface area contributed by atoms with Crippen LogP contribution < -0.4 is 5.32 Å². The molecule has 0 radical (unpaired) electrons. The third-order valence-electron chi connectivity index (χ3n) is 4.35. The molecule has 28 heavy (non-hydrogen) atoms. The number of benzene rings is 2. The highest BCUT2D eigenvalue weighted by molar-refractivity contribution is 9.10. The van der Waals surface area contributed by atoms with Crippen molar-refractivity contribution in [3.05, 3.63) is 69.5 Å². The normalized spacial score (nSPS) is 10.7. The number of Topliss-reactive ketones (excluding diaryl/α,β-unsaturated/α-hetero) is 1. The maximum atomic E-state index is 12.6. The number of carbonyl (C=O) groups excluding carboxylic acids is 1. The SMILES string of the molecule is Cc1nn(C(=S)Nc2ccc(Br)cc2)c(C)c1CC(=O)c1cc(O)ccc1O. The number of halogens is 1. The van der Waals surface area contributed by atoms with Crippen molar-refractivity contribution in [1.82, 2.24) is 9.78 Å². The molecule has 0 unspecified atom stereocenters. The Bertz CT molecular complexity index is 1060. The molecule has 8 heteroatoms. The molecule has 6 nitrogen and oxygen atoms in total. The summed E-state index contributed by atoms with van der Waals surface area (Å²) in [5.74, 6) is -0.561. The molecule has 1 aromatic heterocycles. The Morgan fingerprint density at radius 3 is 2.54 bits per heavy atom. The first-order valence-electron chi connectivity index (χ1n) is 8.43. The molecule has 2 aromatic carbocycles. The summed E-state index contributed by atoms with van der Waals surface area (Å²) in [4.78, 5) is 12.6. The number of thiocarbonyl (C=S) groups is 1. The molecule has 1 heterocycles. The summed E-state index contributed by atoms with van der Waals surface area (Å²) >= 11 is 8.85. The largest absolute Gasteiger partial charge is 0.508 e. The van der Waals surface area contributed by atoms with Crippen molar-refractivity contribution in [3.8, 4) is 11.5 Å². The fourth-order valence-corrected chi connectivity index (χ4v) is 3.40. The Labute approximate surface area is 176 Å². The van der Waals surface area contributed by atoms with Crippen molar-refractivity contribution in [3.63, 3.8) is 0 Å². The first-order valence-corrected chi connectivity index (χ1v) is 9.63. The van der Waals surface area contributed by atoms with Crippen molar-refractivity contribution in [2.24, 2.45) is 0 Å². The lowest BCUT2D eigenvalue weighted by Gasteiger charge is -2.10. The quantitative estimate of drug-likeness (QED) is 0.305. The van der Waals surface area contributed by atoms with Crippen LogP contribution in [0.25, 0.3) is 0 Å². The van der Waals surface area contributed by atoms with Crippen LogP contribution in [0.3, 0.4) is 0 Å². The number of hydrogen-bond donors (Lipinski definition) is 3. The number of phenolic OH excluding ortho intramolecular Hbond substituents is 2. The summed E-state index contributed by atoms with van der Waals surface area (Å²) < 4.78 is 2.54. The lowest BCUT2D eigenvalue weighted by atomic mass is 10.0. The van der Waals surface area contributed by atoms with Gasteiger partial charge in [0.1, 0.15) is 11.5 Å². The topological polar surface area (TPSA) is 87.4 Å². The van der Waals surface area contributed by atoms with E-state index in [0.29, 0.717) is 10.8 Å². The average Bonchev–Trinajstić information content (AvgIpc) is 2.93. The van der Waals surface area contributed by atoms with E-state index in [9.17, 15) is 15.0 Å². The van der Waals surface area contributed by atoms with Gasteiger partial charge in [-0.05, 0) is 68.5 Å². The van der Waals surface area contributed by atoms with Gasteiger partial charge in [0.25, 0.3) is 0 Å². The zero-order valence-electron chi connectivity index (χ0n) is 15.2. The van der Waals surface area contributed by atoms with Crippen LogP contribution in [0.1, 0.15) is 27.3 Å². The van der Waals surface area contributed by atoms with Gasteiger partial charge in [-0.25, -0.2) is 4.68 Å². The predicted octanol–water partition coefficient (Wildman–Crippen LogP) is 4.34. The summed E-state index contributed by atoms with van der Waals surface area (Å²) in [6, 6.07) is 11.5. The molecule has 3 aromatic rings. The zero-order valence-corrected chi connectivity index (χ0v) is 17.6. The third-order valence-corrected chi connectivity index (χ3v) is 5.15. The molecule has 0 aliphatic heterocycles. The number of carbonyl (C=O) groups is 1. The fourth-order valence-electron chi connectivity index (χ4n) is 2.84. The Kier molecular flexibility index (Phi) is 5.81. The first kappa shape index (κ1) is 20.0. The summed E-state index contributed by atoms with van der Waals surface area (Å²) in [5.41, 5.74) is 3.03. The number of aromatic nitrogens is 2. The van der Waals surface area contributed by atoms with Crippen LogP contribution in [0.5, 0.6) is 11.5 Å². The van der Waals surface area contributed by atoms with Crippen LogP contribution >= 0.6 is 28.1 Å². The molecule has 3 rings (SSSR count). The number of anilines is 1. The van der Waals surface area contributed by atoms with Gasteiger partial charge in [0.15, 0.2) is 10.9 Å². The molecule has 0 atom stereocenters. The van der Waals surface area contributed by atoms with Crippen LogP contribution in [0.2, 0.25) is 0 Å². The van der Waals surface area contributed by atoms with E-state index in [1.54, 1.807) is 11.6 Å². The van der Waals surface area contributed by atoms with Gasteiger partial charge >= 0.3 is 0 Å². The van der Waals surface area contributed by atoms with Gasteiger partial charge in [-0.2, -0.15) is 5.10 Å². The van der Waals surface area contributed by atoms with Crippen molar-refractivity contribution < 1.29 is 15.0 Å². The summed E-state index contributed by atoms with van der Waals surface area (Å²) in [7, 11) is 0. The highest BCUT2D eigenvalue weighted by atomic mass is 79.9. The number of nitrogens with one attached hydrogen (secondary N) is 1. The third kappa shape index (κ3) is 4.23. The van der Waals surface area contributed by atoms with E-state index < -0.39 is 0 Å². The number of nitrogens with zero attached hydrogens (tertiary/aromatic N) is 2. The molecule has 3 N–H and O–H groups in total. The summed E-state index contributed by atoms with van der Waals surface area (Å²) in [5, 5.41) is 27.5. The maximum absolute atomic E-state index is 12.6. The lowest BCUT2D eigenvalue weighted by molar-refractivity contribution is 0.0989. The Morgan fingerprint density at radius 2 is 1.86 bits per heavy atom. The van der Waals surface area contributed by atoms with E-state index >= 15 is 0 Å². The minimum Gasteiger partial charge on any atom is -0.508 e. The molecule has 144 valence electrons. The van der Waals surface area contributed by atoms with Crippen molar-refractivity contribution in [1.29, 1.82) is 0 Å². The number of ketones is 1. The number of aryl methyl sites for hydroxylation is 1. The monoisotopic (exact) mass is 459 g/mol. The van der Waals surface area contributed by atoms with Crippen LogP contribution in [-0.2, 0) is 6.42 Å². The molecule has 0 amide bonds. The van der Waals surface area contributed by atoms with E-state index in [0.717, 1.165) is 21.4 Å². The van der Waals surface area contributed by atoms with Crippen LogP contribution in [0.4, 0.5) is 5.69 Å². The van der Waals surface area contributed by atoms with E-state index in [2.05, 4.69) is 26.3 Å². The molecule has 0 bridgehead atoms. The van der Waals surface area contributed by atoms with E-state index in [1.807, 2.05) is 31.2 Å². The second-order valence-electron chi connectivity index (χ2n) is 6.30. The summed E-state index contributed by atoms with van der Waals surface area (Å²) in [6.45, 7) is 3.64. The van der Waals surface area contributed by atoms with Crippen molar-refractivity contribution in [2.45, 2.75) is 20.3 Å². The van der Waals surface area contributed by atoms with E-state index in [1.165, 1.54) is 18.2 Å². The maximum Gasteiger partial charge on any atom is 0.198 e. The van der Waals surface area contributed by atoms with Crippen molar-refractivity contribution >= 4 is 44.7 Å². The molecule has 0 saturated heterocycles. The van der Waals surface area contributed by atoms with E-state index in [-0.39, 0.29) is 29.3 Å². The van der Waals surface area contributed by atoms with Gasteiger partial charge in [0.2, 0.25) is 0 Å². The molecule has 0 fully saturated rings. The average molecular weight is 460 g/mol. The zero-order chi connectivity index (χ0) is 20.4. The van der Waals surface area contributed by atoms with Gasteiger partial charge in [-0.15, -0.1) is 0 Å². The fraction of sp³-hybridized carbons (Fsp3) is 0.150. The Hall–Kier alpha value is -2.71. The van der Waals surface area contributed by atoms with Gasteiger partial charge in [0, 0.05) is 27.8 Å². The number of rotatable bonds is 4. The second kappa shape index (κ2) is 8.12. The first-order chi connectivity index (χ1) is 13.3. The van der Waals surface area contributed by atoms with Crippen LogP contribution in [0, 0.1) is 13.8 Å². The molecule has 0 spiro atoms.